The second kappa shape index (κ2) is 9.73. The van der Waals surface area contributed by atoms with E-state index in [1.54, 1.807) is 79.9 Å². The van der Waals surface area contributed by atoms with Gasteiger partial charge in [-0.05, 0) is 67.9 Å². The lowest BCUT2D eigenvalue weighted by Crippen LogP contribution is -2.29. The second-order valence-electron chi connectivity index (χ2n) is 8.11. The number of aliphatic hydroxyl groups is 1. The van der Waals surface area contributed by atoms with Crippen LogP contribution in [0.4, 0.5) is 5.69 Å². The van der Waals surface area contributed by atoms with Crippen molar-refractivity contribution < 1.29 is 24.2 Å². The highest BCUT2D eigenvalue weighted by Crippen LogP contribution is 2.43. The molecule has 0 saturated carbocycles. The Morgan fingerprint density at radius 1 is 0.971 bits per heavy atom. The predicted octanol–water partition coefficient (Wildman–Crippen LogP) is 5.87. The van der Waals surface area contributed by atoms with Crippen LogP contribution in [0.15, 0.2) is 82.8 Å². The fourth-order valence-corrected chi connectivity index (χ4v) is 4.21. The molecule has 1 amide bonds. The van der Waals surface area contributed by atoms with E-state index < -0.39 is 17.7 Å². The van der Waals surface area contributed by atoms with Crippen LogP contribution in [-0.2, 0) is 9.59 Å². The Morgan fingerprint density at radius 2 is 1.65 bits per heavy atom. The Balaban J connectivity index is 1.88. The van der Waals surface area contributed by atoms with Crippen LogP contribution >= 0.6 is 15.9 Å². The van der Waals surface area contributed by atoms with Crippen molar-refractivity contribution in [2.45, 2.75) is 26.0 Å². The van der Waals surface area contributed by atoms with Gasteiger partial charge in [0, 0.05) is 15.7 Å². The lowest BCUT2D eigenvalue weighted by molar-refractivity contribution is -0.132. The second-order valence-corrected chi connectivity index (χ2v) is 9.03. The third-order valence-corrected chi connectivity index (χ3v) is 5.99. The van der Waals surface area contributed by atoms with E-state index in [-0.39, 0.29) is 17.4 Å². The highest BCUT2D eigenvalue weighted by atomic mass is 79.9. The quantitative estimate of drug-likeness (QED) is 0.249. The minimum absolute atomic E-state index is 0.00257. The summed E-state index contributed by atoms with van der Waals surface area (Å²) in [5.41, 5.74) is 1.61. The maximum Gasteiger partial charge on any atom is 0.300 e. The molecule has 4 rings (SSSR count). The summed E-state index contributed by atoms with van der Waals surface area (Å²) < 4.78 is 11.9. The van der Waals surface area contributed by atoms with Crippen LogP contribution in [0.5, 0.6) is 11.5 Å². The van der Waals surface area contributed by atoms with Crippen LogP contribution < -0.4 is 14.4 Å². The van der Waals surface area contributed by atoms with E-state index in [1.165, 1.54) is 4.90 Å². The number of anilines is 1. The monoisotopic (exact) mass is 521 g/mol. The molecule has 3 aromatic rings. The topological polar surface area (TPSA) is 76.1 Å². The molecule has 1 atom stereocenters. The molecule has 1 unspecified atom stereocenters. The van der Waals surface area contributed by atoms with Crippen molar-refractivity contribution in [2.24, 2.45) is 0 Å². The van der Waals surface area contributed by atoms with Gasteiger partial charge in [0.05, 0.1) is 24.8 Å². The average molecular weight is 522 g/mol. The lowest BCUT2D eigenvalue weighted by atomic mass is 9.95. The number of hydrogen-bond acceptors (Lipinski definition) is 5. The predicted molar refractivity (Wildman–Crippen MR) is 134 cm³/mol. The van der Waals surface area contributed by atoms with Crippen LogP contribution in [0.2, 0.25) is 0 Å². The van der Waals surface area contributed by atoms with Crippen molar-refractivity contribution in [3.05, 3.63) is 94.0 Å². The van der Waals surface area contributed by atoms with Crippen molar-refractivity contribution >= 4 is 39.1 Å². The van der Waals surface area contributed by atoms with Gasteiger partial charge in [0.2, 0.25) is 0 Å². The lowest BCUT2D eigenvalue weighted by Gasteiger charge is -2.26. The molecule has 1 saturated heterocycles. The number of benzene rings is 3. The number of carbonyl (C=O) groups excluding carboxylic acids is 2. The van der Waals surface area contributed by atoms with Gasteiger partial charge >= 0.3 is 0 Å². The number of rotatable bonds is 6. The van der Waals surface area contributed by atoms with Gasteiger partial charge in [-0.3, -0.25) is 14.5 Å². The van der Waals surface area contributed by atoms with Crippen LogP contribution in [0.3, 0.4) is 0 Å². The zero-order valence-electron chi connectivity index (χ0n) is 19.0. The molecule has 1 heterocycles. The van der Waals surface area contributed by atoms with Gasteiger partial charge in [0.15, 0.2) is 0 Å². The number of hydrogen-bond donors (Lipinski definition) is 1. The number of carbonyl (C=O) groups is 2. The van der Waals surface area contributed by atoms with Crippen molar-refractivity contribution in [2.75, 3.05) is 12.0 Å². The summed E-state index contributed by atoms with van der Waals surface area (Å²) in [6.07, 6.45) is 0.00257. The van der Waals surface area contributed by atoms with Gasteiger partial charge in [-0.1, -0.05) is 40.2 Å². The van der Waals surface area contributed by atoms with Gasteiger partial charge in [-0.2, -0.15) is 0 Å². The first-order valence-corrected chi connectivity index (χ1v) is 11.6. The van der Waals surface area contributed by atoms with Gasteiger partial charge in [-0.15, -0.1) is 0 Å². The first-order chi connectivity index (χ1) is 16.3. The summed E-state index contributed by atoms with van der Waals surface area (Å²) in [5.74, 6) is -0.476. The third-order valence-electron chi connectivity index (χ3n) is 5.46. The molecule has 1 aliphatic heterocycles. The van der Waals surface area contributed by atoms with E-state index in [0.717, 1.165) is 4.47 Å². The molecule has 0 spiro atoms. The Bertz CT molecular complexity index is 1250. The fourth-order valence-electron chi connectivity index (χ4n) is 3.95. The van der Waals surface area contributed by atoms with Gasteiger partial charge in [-0.25, -0.2) is 0 Å². The summed E-state index contributed by atoms with van der Waals surface area (Å²) in [7, 11) is 1.55. The number of amides is 1. The number of ether oxygens (including phenoxy) is 2. The molecule has 3 aromatic carbocycles. The number of methoxy groups -OCH3 is 1. The van der Waals surface area contributed by atoms with Gasteiger partial charge in [0.25, 0.3) is 11.7 Å². The summed E-state index contributed by atoms with van der Waals surface area (Å²) in [4.78, 5) is 27.9. The Morgan fingerprint density at radius 3 is 2.26 bits per heavy atom. The number of Topliss-reactive ketones (excluding diaryl/α,β-unsaturated/α-hetero) is 1. The summed E-state index contributed by atoms with van der Waals surface area (Å²) in [5, 5.41) is 11.2. The number of nitrogens with zero attached hydrogens (tertiary/aromatic N) is 1. The first kappa shape index (κ1) is 23.6. The van der Waals surface area contributed by atoms with E-state index in [4.69, 9.17) is 9.47 Å². The Labute approximate surface area is 206 Å². The SMILES string of the molecule is COc1cccc(C2/C(=C(/O)c3ccc(Br)cc3)C(=O)C(=O)N2c2ccc(OC(C)C)cc2)c1. The fraction of sp³-hybridized carbons (Fsp3) is 0.185. The van der Waals surface area contributed by atoms with E-state index in [2.05, 4.69) is 15.9 Å². The molecule has 0 radical (unpaired) electrons. The number of aliphatic hydroxyl groups excluding tert-OH is 1. The molecule has 0 bridgehead atoms. The summed E-state index contributed by atoms with van der Waals surface area (Å²) >= 11 is 3.37. The van der Waals surface area contributed by atoms with Crippen molar-refractivity contribution in [1.82, 2.24) is 0 Å². The number of ketones is 1. The van der Waals surface area contributed by atoms with Crippen molar-refractivity contribution in [3.63, 3.8) is 0 Å². The molecular formula is C27H24BrNO5. The van der Waals surface area contributed by atoms with E-state index in [1.807, 2.05) is 13.8 Å². The highest BCUT2D eigenvalue weighted by molar-refractivity contribution is 9.10. The van der Waals surface area contributed by atoms with Crippen LogP contribution in [0, 0.1) is 0 Å². The maximum atomic E-state index is 13.3. The average Bonchev–Trinajstić information content (AvgIpc) is 3.10. The standard InChI is InChI=1S/C27H24BrNO5/c1-16(2)34-21-13-11-20(12-14-21)29-24(18-5-4-6-22(15-18)33-3)23(26(31)27(29)32)25(30)17-7-9-19(28)10-8-17/h4-16,24,30H,1-3H3/b25-23-. The minimum atomic E-state index is -0.837. The molecule has 1 aliphatic rings. The molecule has 7 heteroatoms. The molecule has 174 valence electrons. The highest BCUT2D eigenvalue weighted by Gasteiger charge is 2.47. The first-order valence-electron chi connectivity index (χ1n) is 10.8. The molecule has 6 nitrogen and oxygen atoms in total. The molecule has 1 fully saturated rings. The zero-order valence-corrected chi connectivity index (χ0v) is 20.6. The van der Waals surface area contributed by atoms with Crippen LogP contribution in [0.25, 0.3) is 5.76 Å². The minimum Gasteiger partial charge on any atom is -0.507 e. The molecular weight excluding hydrogens is 498 g/mol. The van der Waals surface area contributed by atoms with E-state index >= 15 is 0 Å². The summed E-state index contributed by atoms with van der Waals surface area (Å²) in [6.45, 7) is 3.86. The smallest absolute Gasteiger partial charge is 0.300 e. The van der Waals surface area contributed by atoms with Crippen molar-refractivity contribution in [3.8, 4) is 11.5 Å². The molecule has 0 aromatic heterocycles. The maximum absolute atomic E-state index is 13.3. The molecule has 0 aliphatic carbocycles. The van der Waals surface area contributed by atoms with Crippen LogP contribution in [0.1, 0.15) is 31.0 Å². The largest absolute Gasteiger partial charge is 0.507 e. The number of halogens is 1. The van der Waals surface area contributed by atoms with Crippen molar-refractivity contribution in [1.29, 1.82) is 0 Å². The Hall–Kier alpha value is -3.58. The van der Waals surface area contributed by atoms with Gasteiger partial charge < -0.3 is 14.6 Å². The Kier molecular flexibility index (Phi) is 6.75. The van der Waals surface area contributed by atoms with E-state index in [0.29, 0.717) is 28.3 Å². The molecule has 34 heavy (non-hydrogen) atoms. The van der Waals surface area contributed by atoms with Crippen LogP contribution in [-0.4, -0.2) is 30.0 Å². The zero-order chi connectivity index (χ0) is 24.4. The van der Waals surface area contributed by atoms with Gasteiger partial charge in [0.1, 0.15) is 17.3 Å². The summed E-state index contributed by atoms with van der Waals surface area (Å²) in [6, 6.07) is 20.2. The normalized spacial score (nSPS) is 17.3. The third kappa shape index (κ3) is 4.56. The molecule has 1 N–H and O–H groups in total. The van der Waals surface area contributed by atoms with E-state index in [9.17, 15) is 14.7 Å².